The number of fused-ring (bicyclic) bond motifs is 3. The van der Waals surface area contributed by atoms with Crippen LogP contribution in [0.5, 0.6) is 5.75 Å². The molecule has 0 aromatic heterocycles. The van der Waals surface area contributed by atoms with Crippen molar-refractivity contribution in [3.63, 3.8) is 0 Å². The lowest BCUT2D eigenvalue weighted by molar-refractivity contribution is 0.0123. The molecule has 0 radical (unpaired) electrons. The summed E-state index contributed by atoms with van der Waals surface area (Å²) in [5.74, 6) is -0.401. The van der Waals surface area contributed by atoms with Gasteiger partial charge in [-0.15, -0.1) is 0 Å². The number of benzene rings is 3. The molecule has 2 unspecified atom stereocenters. The Labute approximate surface area is 191 Å². The predicted octanol–water partition coefficient (Wildman–Crippen LogP) is 4.16. The van der Waals surface area contributed by atoms with E-state index in [1.54, 1.807) is 0 Å². The maximum atomic E-state index is 13.4. The minimum Gasteiger partial charge on any atom is -0.496 e. The average molecular weight is 451 g/mol. The highest BCUT2D eigenvalue weighted by Gasteiger charge is 2.29. The predicted molar refractivity (Wildman–Crippen MR) is 122 cm³/mol. The van der Waals surface area contributed by atoms with Gasteiger partial charge < -0.3 is 25.0 Å². The quantitative estimate of drug-likeness (QED) is 0.479. The Morgan fingerprint density at radius 2 is 1.67 bits per heavy atom. The Morgan fingerprint density at radius 3 is 2.30 bits per heavy atom. The van der Waals surface area contributed by atoms with E-state index < -0.39 is 24.1 Å². The van der Waals surface area contributed by atoms with E-state index in [0.717, 1.165) is 28.3 Å². The molecule has 3 N–H and O–H groups in total. The lowest BCUT2D eigenvalue weighted by Crippen LogP contribution is -2.30. The SMILES string of the molecule is COc1cc(F)ccc1C(O)C(O)CCNC(=O)OCC1c2ccccc2-c2ccccc21. The van der Waals surface area contributed by atoms with Crippen molar-refractivity contribution in [2.45, 2.75) is 24.5 Å². The number of alkyl carbamates (subject to hydrolysis) is 1. The first-order chi connectivity index (χ1) is 16.0. The Hall–Kier alpha value is -3.42. The van der Waals surface area contributed by atoms with Crippen LogP contribution in [0.4, 0.5) is 9.18 Å². The number of aliphatic hydroxyl groups is 2. The number of nitrogens with one attached hydrogen (secondary N) is 1. The van der Waals surface area contributed by atoms with Crippen molar-refractivity contribution >= 4 is 6.09 Å². The van der Waals surface area contributed by atoms with Crippen LogP contribution in [0.1, 0.15) is 35.1 Å². The molecule has 1 aliphatic rings. The molecule has 3 aromatic carbocycles. The Balaban J connectivity index is 1.29. The molecule has 0 spiro atoms. The number of amides is 1. The minimum absolute atomic E-state index is 0.0403. The molecule has 0 heterocycles. The number of hydrogen-bond acceptors (Lipinski definition) is 5. The molecule has 1 aliphatic carbocycles. The summed E-state index contributed by atoms with van der Waals surface area (Å²) in [6.07, 6.45) is -2.99. The molecule has 0 bridgehead atoms. The third-order valence-electron chi connectivity index (χ3n) is 5.93. The molecule has 7 heteroatoms. The zero-order chi connectivity index (χ0) is 23.4. The van der Waals surface area contributed by atoms with E-state index in [4.69, 9.17) is 9.47 Å². The van der Waals surface area contributed by atoms with Crippen molar-refractivity contribution in [1.29, 1.82) is 0 Å². The third kappa shape index (κ3) is 4.84. The molecule has 33 heavy (non-hydrogen) atoms. The van der Waals surface area contributed by atoms with Gasteiger partial charge in [0.2, 0.25) is 0 Å². The van der Waals surface area contributed by atoms with Crippen LogP contribution in [-0.4, -0.2) is 42.7 Å². The van der Waals surface area contributed by atoms with Crippen LogP contribution in [0.25, 0.3) is 11.1 Å². The van der Waals surface area contributed by atoms with E-state index in [-0.39, 0.29) is 36.8 Å². The first-order valence-electron chi connectivity index (χ1n) is 10.8. The van der Waals surface area contributed by atoms with Gasteiger partial charge in [-0.2, -0.15) is 0 Å². The van der Waals surface area contributed by atoms with Gasteiger partial charge >= 0.3 is 6.09 Å². The minimum atomic E-state index is -1.29. The van der Waals surface area contributed by atoms with Crippen molar-refractivity contribution in [3.8, 4) is 16.9 Å². The van der Waals surface area contributed by atoms with Crippen LogP contribution in [0.2, 0.25) is 0 Å². The van der Waals surface area contributed by atoms with E-state index in [1.165, 1.54) is 19.2 Å². The summed E-state index contributed by atoms with van der Waals surface area (Å²) >= 11 is 0. The second-order valence-electron chi connectivity index (χ2n) is 7.94. The standard InChI is InChI=1S/C26H26FNO5/c1-32-24-14-16(27)10-11-21(24)25(30)23(29)12-13-28-26(31)33-15-22-19-8-4-2-6-17(19)18-7-3-5-9-20(18)22/h2-11,14,22-23,25,29-30H,12-13,15H2,1H3,(H,28,31). The Kier molecular flexibility index (Phi) is 6.91. The van der Waals surface area contributed by atoms with Gasteiger partial charge in [0, 0.05) is 24.1 Å². The summed E-state index contributed by atoms with van der Waals surface area (Å²) in [5.41, 5.74) is 4.81. The molecule has 0 saturated carbocycles. The molecule has 0 fully saturated rings. The van der Waals surface area contributed by atoms with Crippen molar-refractivity contribution in [2.24, 2.45) is 0 Å². The average Bonchev–Trinajstić information content (AvgIpc) is 3.16. The molecule has 0 saturated heterocycles. The topological polar surface area (TPSA) is 88.0 Å². The summed E-state index contributed by atoms with van der Waals surface area (Å²) in [6, 6.07) is 19.8. The summed E-state index contributed by atoms with van der Waals surface area (Å²) in [5, 5.41) is 23.3. The first-order valence-corrected chi connectivity index (χ1v) is 10.8. The fourth-order valence-corrected chi connectivity index (χ4v) is 4.27. The number of hydrogen-bond donors (Lipinski definition) is 3. The molecular formula is C26H26FNO5. The second kappa shape index (κ2) is 10.0. The summed E-state index contributed by atoms with van der Waals surface area (Å²) < 4.78 is 23.9. The molecular weight excluding hydrogens is 425 g/mol. The highest BCUT2D eigenvalue weighted by Crippen LogP contribution is 2.44. The Morgan fingerprint density at radius 1 is 1.03 bits per heavy atom. The van der Waals surface area contributed by atoms with Crippen LogP contribution in [0, 0.1) is 5.82 Å². The van der Waals surface area contributed by atoms with Crippen LogP contribution in [0.3, 0.4) is 0 Å². The summed E-state index contributed by atoms with van der Waals surface area (Å²) in [7, 11) is 1.36. The molecule has 4 rings (SSSR count). The third-order valence-corrected chi connectivity index (χ3v) is 5.93. The number of halogens is 1. The van der Waals surface area contributed by atoms with Gasteiger partial charge in [0.15, 0.2) is 0 Å². The lowest BCUT2D eigenvalue weighted by Gasteiger charge is -2.20. The molecule has 0 aliphatic heterocycles. The van der Waals surface area contributed by atoms with Gasteiger partial charge in [0.1, 0.15) is 24.3 Å². The van der Waals surface area contributed by atoms with Gasteiger partial charge in [-0.3, -0.25) is 0 Å². The highest BCUT2D eigenvalue weighted by molar-refractivity contribution is 5.79. The summed E-state index contributed by atoms with van der Waals surface area (Å²) in [4.78, 5) is 12.2. The smallest absolute Gasteiger partial charge is 0.407 e. The summed E-state index contributed by atoms with van der Waals surface area (Å²) in [6.45, 7) is 0.288. The normalized spacial score (nSPS) is 14.2. The van der Waals surface area contributed by atoms with Gasteiger partial charge in [0.05, 0.1) is 13.2 Å². The number of ether oxygens (including phenoxy) is 2. The monoisotopic (exact) mass is 451 g/mol. The lowest BCUT2D eigenvalue weighted by atomic mass is 9.98. The van der Waals surface area contributed by atoms with E-state index in [2.05, 4.69) is 17.4 Å². The maximum Gasteiger partial charge on any atom is 0.407 e. The largest absolute Gasteiger partial charge is 0.496 e. The van der Waals surface area contributed by atoms with E-state index in [9.17, 15) is 19.4 Å². The molecule has 6 nitrogen and oxygen atoms in total. The van der Waals surface area contributed by atoms with Gasteiger partial charge in [-0.25, -0.2) is 9.18 Å². The Bertz CT molecular complexity index is 1090. The van der Waals surface area contributed by atoms with Crippen LogP contribution < -0.4 is 10.1 Å². The van der Waals surface area contributed by atoms with E-state index >= 15 is 0 Å². The van der Waals surface area contributed by atoms with E-state index in [1.807, 2.05) is 36.4 Å². The second-order valence-corrected chi connectivity index (χ2v) is 7.94. The van der Waals surface area contributed by atoms with Crippen molar-refractivity contribution < 1.29 is 28.9 Å². The van der Waals surface area contributed by atoms with Crippen molar-refractivity contribution in [2.75, 3.05) is 20.3 Å². The van der Waals surface area contributed by atoms with Crippen LogP contribution in [-0.2, 0) is 4.74 Å². The van der Waals surface area contributed by atoms with Crippen LogP contribution in [0.15, 0.2) is 66.7 Å². The van der Waals surface area contributed by atoms with Crippen LogP contribution >= 0.6 is 0 Å². The number of methoxy groups -OCH3 is 1. The van der Waals surface area contributed by atoms with E-state index in [0.29, 0.717) is 0 Å². The van der Waals surface area contributed by atoms with Gasteiger partial charge in [-0.1, -0.05) is 48.5 Å². The zero-order valence-corrected chi connectivity index (χ0v) is 18.2. The van der Waals surface area contributed by atoms with Gasteiger partial charge in [-0.05, 0) is 40.8 Å². The van der Waals surface area contributed by atoms with Crippen molar-refractivity contribution in [1.82, 2.24) is 5.32 Å². The molecule has 2 atom stereocenters. The first kappa shape index (κ1) is 22.8. The molecule has 3 aromatic rings. The van der Waals surface area contributed by atoms with Gasteiger partial charge in [0.25, 0.3) is 0 Å². The number of carbonyl (C=O) groups excluding carboxylic acids is 1. The number of aliphatic hydroxyl groups excluding tert-OH is 2. The number of carbonyl (C=O) groups is 1. The highest BCUT2D eigenvalue weighted by atomic mass is 19.1. The fraction of sp³-hybridized carbons (Fsp3) is 0.269. The molecule has 172 valence electrons. The fourth-order valence-electron chi connectivity index (χ4n) is 4.27. The number of rotatable bonds is 8. The van der Waals surface area contributed by atoms with Crippen molar-refractivity contribution in [3.05, 3.63) is 89.2 Å². The molecule has 1 amide bonds. The zero-order valence-electron chi connectivity index (χ0n) is 18.2. The maximum absolute atomic E-state index is 13.4.